The Morgan fingerprint density at radius 3 is 2.25 bits per heavy atom. The van der Waals surface area contributed by atoms with Gasteiger partial charge in [-0.3, -0.25) is 4.79 Å². The summed E-state index contributed by atoms with van der Waals surface area (Å²) in [7, 11) is 4.78. The van der Waals surface area contributed by atoms with Gasteiger partial charge >= 0.3 is 0 Å². The van der Waals surface area contributed by atoms with Gasteiger partial charge in [0.25, 0.3) is 0 Å². The monoisotopic (exact) mass is 380 g/mol. The molecule has 28 heavy (non-hydrogen) atoms. The maximum Gasteiger partial charge on any atom is 0.226 e. The van der Waals surface area contributed by atoms with Crippen LogP contribution in [0.1, 0.15) is 18.0 Å². The van der Waals surface area contributed by atoms with E-state index in [0.29, 0.717) is 22.9 Å². The number of methoxy groups -OCH3 is 3. The molecule has 0 aliphatic heterocycles. The molecule has 0 aliphatic carbocycles. The Kier molecular flexibility index (Phi) is 6.22. The average molecular weight is 380 g/mol. The predicted octanol–water partition coefficient (Wildman–Crippen LogP) is 4.13. The number of nitrogens with one attached hydrogen (secondary N) is 1. The fraction of sp³-hybridized carbons (Fsp3) is 0.227. The Hall–Kier alpha value is -3.41. The van der Waals surface area contributed by atoms with E-state index < -0.39 is 0 Å². The molecule has 0 saturated carbocycles. The lowest BCUT2D eigenvalue weighted by Crippen LogP contribution is -2.20. The third-order valence-corrected chi connectivity index (χ3v) is 4.54. The second-order valence-electron chi connectivity index (χ2n) is 6.18. The summed E-state index contributed by atoms with van der Waals surface area (Å²) >= 11 is 0. The van der Waals surface area contributed by atoms with Crippen molar-refractivity contribution < 1.29 is 19.0 Å². The normalized spacial score (nSPS) is 11.5. The van der Waals surface area contributed by atoms with Crippen LogP contribution < -0.4 is 19.5 Å². The highest BCUT2D eigenvalue weighted by molar-refractivity contribution is 5.92. The first-order valence-corrected chi connectivity index (χ1v) is 8.94. The van der Waals surface area contributed by atoms with E-state index in [4.69, 9.17) is 14.2 Å². The maximum atomic E-state index is 12.9. The molecule has 146 valence electrons. The van der Waals surface area contributed by atoms with Crippen molar-refractivity contribution in [2.45, 2.75) is 12.5 Å². The van der Waals surface area contributed by atoms with Crippen molar-refractivity contribution in [3.05, 3.63) is 72.6 Å². The summed E-state index contributed by atoms with van der Waals surface area (Å²) in [5, 5.41) is 2.94. The van der Waals surface area contributed by atoms with Crippen LogP contribution in [0.15, 0.2) is 67.0 Å². The Bertz CT molecular complexity index is 922. The molecule has 0 saturated heterocycles. The summed E-state index contributed by atoms with van der Waals surface area (Å²) in [6.07, 6.45) is 4.08. The first kappa shape index (κ1) is 19.4. The number of ether oxygens (including phenoxy) is 3. The highest BCUT2D eigenvalue weighted by Gasteiger charge is 2.23. The highest BCUT2D eigenvalue weighted by atomic mass is 16.5. The van der Waals surface area contributed by atoms with Gasteiger partial charge in [0.05, 0.1) is 39.5 Å². The minimum absolute atomic E-state index is 0.131. The largest absolute Gasteiger partial charge is 0.495 e. The van der Waals surface area contributed by atoms with E-state index in [1.54, 1.807) is 21.3 Å². The van der Waals surface area contributed by atoms with E-state index in [-0.39, 0.29) is 18.4 Å². The standard InChI is InChI=1S/C22H24N2O4/c1-26-19-11-5-4-10-17(19)23-21(25)15-18(24-13-6-7-14-24)16-9-8-12-20(27-2)22(16)28-3/h4-14,18H,15H2,1-3H3,(H,23,25)/t18-/m1/s1. The molecule has 0 spiro atoms. The summed E-state index contributed by atoms with van der Waals surface area (Å²) in [4.78, 5) is 12.9. The fourth-order valence-electron chi connectivity index (χ4n) is 3.23. The zero-order valence-corrected chi connectivity index (χ0v) is 16.2. The van der Waals surface area contributed by atoms with E-state index in [1.807, 2.05) is 71.6 Å². The van der Waals surface area contributed by atoms with Gasteiger partial charge in [0.2, 0.25) is 5.91 Å². The van der Waals surface area contributed by atoms with Crippen molar-refractivity contribution in [2.24, 2.45) is 0 Å². The smallest absolute Gasteiger partial charge is 0.226 e. The molecule has 0 aliphatic rings. The van der Waals surface area contributed by atoms with Crippen LogP contribution in [0.5, 0.6) is 17.2 Å². The molecule has 0 fully saturated rings. The van der Waals surface area contributed by atoms with E-state index >= 15 is 0 Å². The van der Waals surface area contributed by atoms with E-state index in [1.165, 1.54) is 0 Å². The number of benzene rings is 2. The van der Waals surface area contributed by atoms with Crippen molar-refractivity contribution in [3.8, 4) is 17.2 Å². The Balaban J connectivity index is 1.91. The molecule has 1 N–H and O–H groups in total. The third kappa shape index (κ3) is 4.11. The number of carbonyl (C=O) groups excluding carboxylic acids is 1. The van der Waals surface area contributed by atoms with Gasteiger partial charge in [-0.2, -0.15) is 0 Å². The van der Waals surface area contributed by atoms with Gasteiger partial charge in [0, 0.05) is 18.0 Å². The molecule has 1 atom stereocenters. The van der Waals surface area contributed by atoms with Gasteiger partial charge in [-0.25, -0.2) is 0 Å². The third-order valence-electron chi connectivity index (χ3n) is 4.54. The molecule has 0 unspecified atom stereocenters. The van der Waals surface area contributed by atoms with Crippen molar-refractivity contribution >= 4 is 11.6 Å². The van der Waals surface area contributed by atoms with E-state index in [2.05, 4.69) is 5.32 Å². The van der Waals surface area contributed by atoms with E-state index in [0.717, 1.165) is 5.56 Å². The predicted molar refractivity (Wildman–Crippen MR) is 108 cm³/mol. The minimum atomic E-state index is -0.255. The molecular weight excluding hydrogens is 356 g/mol. The van der Waals surface area contributed by atoms with Crippen LogP contribution in [0.25, 0.3) is 0 Å². The number of hydrogen-bond acceptors (Lipinski definition) is 4. The second kappa shape index (κ2) is 8.99. The molecule has 1 heterocycles. The van der Waals surface area contributed by atoms with Crippen molar-refractivity contribution in [1.82, 2.24) is 4.57 Å². The summed E-state index contributed by atoms with van der Waals surface area (Å²) in [5.41, 5.74) is 1.51. The molecule has 1 amide bonds. The molecule has 0 bridgehead atoms. The van der Waals surface area contributed by atoms with Gasteiger partial charge in [-0.15, -0.1) is 0 Å². The van der Waals surface area contributed by atoms with Crippen LogP contribution >= 0.6 is 0 Å². The molecule has 6 nitrogen and oxygen atoms in total. The fourth-order valence-corrected chi connectivity index (χ4v) is 3.23. The first-order chi connectivity index (χ1) is 13.7. The number of carbonyl (C=O) groups is 1. The number of aromatic nitrogens is 1. The number of anilines is 1. The van der Waals surface area contributed by atoms with Crippen molar-refractivity contribution in [2.75, 3.05) is 26.6 Å². The topological polar surface area (TPSA) is 61.7 Å². The summed E-state index contributed by atoms with van der Waals surface area (Å²) in [6.45, 7) is 0. The lowest BCUT2D eigenvalue weighted by Gasteiger charge is -2.23. The van der Waals surface area contributed by atoms with Crippen molar-refractivity contribution in [1.29, 1.82) is 0 Å². The van der Waals surface area contributed by atoms with Crippen LogP contribution in [-0.4, -0.2) is 31.8 Å². The summed E-state index contributed by atoms with van der Waals surface area (Å²) < 4.78 is 18.3. The zero-order chi connectivity index (χ0) is 19.9. The number of amides is 1. The van der Waals surface area contributed by atoms with Gasteiger partial charge in [-0.05, 0) is 30.3 Å². The van der Waals surface area contributed by atoms with Crippen LogP contribution in [0.3, 0.4) is 0 Å². The SMILES string of the molecule is COc1ccccc1NC(=O)C[C@H](c1cccc(OC)c1OC)n1cccc1. The Labute approximate surface area is 164 Å². The Morgan fingerprint density at radius 2 is 1.57 bits per heavy atom. The zero-order valence-electron chi connectivity index (χ0n) is 16.2. The quantitative estimate of drug-likeness (QED) is 0.638. The maximum absolute atomic E-state index is 12.9. The molecular formula is C22H24N2O4. The molecule has 0 radical (unpaired) electrons. The number of nitrogens with zero attached hydrogens (tertiary/aromatic N) is 1. The second-order valence-corrected chi connectivity index (χ2v) is 6.18. The van der Waals surface area contributed by atoms with Gasteiger partial charge in [-0.1, -0.05) is 24.3 Å². The summed E-state index contributed by atoms with van der Waals surface area (Å²) in [5.74, 6) is 1.73. The van der Waals surface area contributed by atoms with Gasteiger partial charge in [0.1, 0.15) is 5.75 Å². The molecule has 3 aromatic rings. The molecule has 1 aromatic heterocycles. The highest BCUT2D eigenvalue weighted by Crippen LogP contribution is 2.38. The molecule has 6 heteroatoms. The van der Waals surface area contributed by atoms with E-state index in [9.17, 15) is 4.79 Å². The molecule has 3 rings (SSSR count). The number of para-hydroxylation sites is 3. The van der Waals surface area contributed by atoms with Gasteiger partial charge < -0.3 is 24.1 Å². The van der Waals surface area contributed by atoms with Crippen LogP contribution in [0.2, 0.25) is 0 Å². The average Bonchev–Trinajstić information content (AvgIpc) is 3.26. The number of rotatable bonds is 8. The Morgan fingerprint density at radius 1 is 0.893 bits per heavy atom. The van der Waals surface area contributed by atoms with Crippen LogP contribution in [0.4, 0.5) is 5.69 Å². The lowest BCUT2D eigenvalue weighted by molar-refractivity contribution is -0.116. The molecule has 2 aromatic carbocycles. The lowest BCUT2D eigenvalue weighted by atomic mass is 10.0. The first-order valence-electron chi connectivity index (χ1n) is 8.94. The van der Waals surface area contributed by atoms with Gasteiger partial charge in [0.15, 0.2) is 11.5 Å². The number of hydrogen-bond donors (Lipinski definition) is 1. The summed E-state index contributed by atoms with van der Waals surface area (Å²) in [6, 6.07) is 16.6. The van der Waals surface area contributed by atoms with Crippen LogP contribution in [-0.2, 0) is 4.79 Å². The minimum Gasteiger partial charge on any atom is -0.495 e. The van der Waals surface area contributed by atoms with Crippen molar-refractivity contribution in [3.63, 3.8) is 0 Å². The van der Waals surface area contributed by atoms with Crippen LogP contribution in [0, 0.1) is 0 Å².